The van der Waals surface area contributed by atoms with Gasteiger partial charge in [0.05, 0.1) is 4.92 Å². The van der Waals surface area contributed by atoms with E-state index in [0.29, 0.717) is 25.1 Å². The second-order valence-electron chi connectivity index (χ2n) is 6.68. The third-order valence-corrected chi connectivity index (χ3v) is 4.25. The van der Waals surface area contributed by atoms with Gasteiger partial charge < -0.3 is 31.3 Å². The fourth-order valence-electron chi connectivity index (χ4n) is 2.61. The zero-order valence-electron chi connectivity index (χ0n) is 16.7. The van der Waals surface area contributed by atoms with Gasteiger partial charge in [0.25, 0.3) is 0 Å². The number of carboxylic acid groups (broad SMARTS) is 3. The third kappa shape index (κ3) is 9.23. The first kappa shape index (κ1) is 26.1. The summed E-state index contributed by atoms with van der Waals surface area (Å²) in [5.74, 6) is -5.04. The van der Waals surface area contributed by atoms with E-state index >= 15 is 0 Å². The van der Waals surface area contributed by atoms with Gasteiger partial charge in [0, 0.05) is 30.8 Å². The highest BCUT2D eigenvalue weighted by atomic mass is 19.1. The highest BCUT2D eigenvalue weighted by molar-refractivity contribution is 5.86. The number of hydrogen-bond acceptors (Lipinski definition) is 7. The number of rotatable bonds is 14. The van der Waals surface area contributed by atoms with Crippen molar-refractivity contribution in [1.82, 2.24) is 10.6 Å². The maximum Gasteiger partial charge on any atom is 0.326 e. The highest BCUT2D eigenvalue weighted by Gasteiger charge is 2.24. The van der Waals surface area contributed by atoms with Crippen LogP contribution in [0.25, 0.3) is 0 Å². The molecule has 0 unspecified atom stereocenters. The largest absolute Gasteiger partial charge is 0.481 e. The first-order valence-corrected chi connectivity index (χ1v) is 9.43. The minimum Gasteiger partial charge on any atom is -0.481 e. The molecule has 0 saturated carbocycles. The van der Waals surface area contributed by atoms with Gasteiger partial charge >= 0.3 is 29.6 Å². The second kappa shape index (κ2) is 12.7. The molecule has 0 spiro atoms. The topological polar surface area (TPSA) is 208 Å². The average molecular weight is 458 g/mol. The third-order valence-electron chi connectivity index (χ3n) is 4.25. The number of nitrogens with one attached hydrogen (secondary N) is 3. The van der Waals surface area contributed by atoms with Crippen LogP contribution in [0.1, 0.15) is 32.1 Å². The van der Waals surface area contributed by atoms with Crippen LogP contribution < -0.4 is 16.0 Å². The second-order valence-corrected chi connectivity index (χ2v) is 6.68. The number of unbranched alkanes of at least 4 members (excludes halogenated alkanes) is 1. The van der Waals surface area contributed by atoms with Gasteiger partial charge in [0.2, 0.25) is 5.82 Å². The van der Waals surface area contributed by atoms with Gasteiger partial charge in [-0.15, -0.1) is 0 Å². The lowest BCUT2D eigenvalue weighted by Gasteiger charge is -2.18. The maximum absolute atomic E-state index is 13.6. The van der Waals surface area contributed by atoms with E-state index in [9.17, 15) is 38.8 Å². The number of nitrogens with zero attached hydrogens (tertiary/aromatic N) is 1. The minimum atomic E-state index is -1.49. The molecule has 0 aliphatic carbocycles. The van der Waals surface area contributed by atoms with Crippen LogP contribution in [0.3, 0.4) is 0 Å². The van der Waals surface area contributed by atoms with Crippen molar-refractivity contribution in [3.05, 3.63) is 34.1 Å². The molecule has 32 heavy (non-hydrogen) atoms. The molecule has 6 N–H and O–H groups in total. The first-order valence-electron chi connectivity index (χ1n) is 9.43. The Bertz CT molecular complexity index is 865. The summed E-state index contributed by atoms with van der Waals surface area (Å²) in [5.41, 5.74) is -0.348. The van der Waals surface area contributed by atoms with E-state index in [-0.39, 0.29) is 12.8 Å². The van der Waals surface area contributed by atoms with Crippen LogP contribution in [-0.4, -0.2) is 62.8 Å². The normalized spacial score (nSPS) is 12.3. The quantitative estimate of drug-likeness (QED) is 0.134. The van der Waals surface area contributed by atoms with Crippen LogP contribution in [0.15, 0.2) is 18.2 Å². The lowest BCUT2D eigenvalue weighted by molar-refractivity contribution is -0.387. The molecule has 2 atom stereocenters. The van der Waals surface area contributed by atoms with Crippen molar-refractivity contribution in [2.24, 2.45) is 0 Å². The molecule has 1 aromatic rings. The molecule has 14 heteroatoms. The van der Waals surface area contributed by atoms with Crippen molar-refractivity contribution in [3.63, 3.8) is 0 Å². The predicted molar refractivity (Wildman–Crippen MR) is 107 cm³/mol. The molecule has 0 aromatic heterocycles. The summed E-state index contributed by atoms with van der Waals surface area (Å²) in [4.78, 5) is 54.6. The molecule has 0 heterocycles. The van der Waals surface area contributed by atoms with Crippen LogP contribution in [-0.2, 0) is 14.4 Å². The van der Waals surface area contributed by atoms with Crippen LogP contribution in [0, 0.1) is 15.9 Å². The lowest BCUT2D eigenvalue weighted by Crippen LogP contribution is -2.51. The van der Waals surface area contributed by atoms with E-state index in [1.54, 1.807) is 0 Å². The van der Waals surface area contributed by atoms with E-state index in [1.165, 1.54) is 6.07 Å². The number of carbonyl (C=O) groups is 4. The molecule has 1 aromatic carbocycles. The van der Waals surface area contributed by atoms with E-state index in [2.05, 4.69) is 10.6 Å². The number of amides is 2. The number of carboxylic acids is 3. The van der Waals surface area contributed by atoms with Crippen molar-refractivity contribution in [3.8, 4) is 0 Å². The molecule has 0 saturated heterocycles. The number of nitro benzene ring substituents is 1. The Morgan fingerprint density at radius 3 is 2.09 bits per heavy atom. The highest BCUT2D eigenvalue weighted by Crippen LogP contribution is 2.20. The monoisotopic (exact) mass is 458 g/mol. The summed E-state index contributed by atoms with van der Waals surface area (Å²) < 4.78 is 13.6. The Kier molecular flexibility index (Phi) is 10.3. The number of benzene rings is 1. The summed E-state index contributed by atoms with van der Waals surface area (Å²) in [6, 6.07) is -0.562. The van der Waals surface area contributed by atoms with Crippen LogP contribution in [0.2, 0.25) is 0 Å². The average Bonchev–Trinajstić information content (AvgIpc) is 2.69. The van der Waals surface area contributed by atoms with Crippen LogP contribution in [0.5, 0.6) is 0 Å². The molecule has 2 amide bonds. The smallest absolute Gasteiger partial charge is 0.326 e. The zero-order chi connectivity index (χ0) is 24.3. The number of urea groups is 1. The van der Waals surface area contributed by atoms with E-state index in [1.807, 2.05) is 5.32 Å². The number of halogens is 1. The minimum absolute atomic E-state index is 0.00587. The van der Waals surface area contributed by atoms with E-state index in [0.717, 1.165) is 12.1 Å². The molecule has 0 aliphatic rings. The van der Waals surface area contributed by atoms with Gasteiger partial charge in [0.1, 0.15) is 12.1 Å². The molecule has 0 fully saturated rings. The van der Waals surface area contributed by atoms with Crippen molar-refractivity contribution in [2.45, 2.75) is 44.2 Å². The van der Waals surface area contributed by atoms with Gasteiger partial charge in [0.15, 0.2) is 0 Å². The summed E-state index contributed by atoms with van der Waals surface area (Å²) in [6.45, 7) is 0.298. The molecular formula is C18H23FN4O9. The number of carbonyl (C=O) groups excluding carboxylic acids is 1. The van der Waals surface area contributed by atoms with Crippen molar-refractivity contribution in [1.29, 1.82) is 0 Å². The standard InChI is InChI=1S/C18H23FN4O9/c19-11-9-10(4-6-14(11)23(31)32)20-8-2-1-3-12(16(26)27)21-18(30)22-13(17(28)29)5-7-15(24)25/h4,6,9,12-13,20H,1-3,5,7-8H2,(H,24,25)(H,26,27)(H,28,29)(H2,21,22,30)/t12-,13-/m0/s1. The fourth-order valence-corrected chi connectivity index (χ4v) is 2.61. The van der Waals surface area contributed by atoms with Crippen molar-refractivity contribution in [2.75, 3.05) is 11.9 Å². The Hall–Kier alpha value is -3.97. The number of hydrogen-bond donors (Lipinski definition) is 6. The fraction of sp³-hybridized carbons (Fsp3) is 0.444. The van der Waals surface area contributed by atoms with E-state index < -0.39 is 58.9 Å². The number of nitro groups is 1. The van der Waals surface area contributed by atoms with Gasteiger partial charge in [-0.2, -0.15) is 4.39 Å². The number of aliphatic carboxylic acids is 3. The predicted octanol–water partition coefficient (Wildman–Crippen LogP) is 1.39. The Morgan fingerprint density at radius 2 is 1.59 bits per heavy atom. The van der Waals surface area contributed by atoms with Crippen molar-refractivity contribution < 1.29 is 43.8 Å². The first-order chi connectivity index (χ1) is 15.0. The zero-order valence-corrected chi connectivity index (χ0v) is 16.7. The Labute approximate surface area is 180 Å². The summed E-state index contributed by atoms with van der Waals surface area (Å²) in [7, 11) is 0. The summed E-state index contributed by atoms with van der Waals surface area (Å²) >= 11 is 0. The molecule has 176 valence electrons. The molecule has 0 aliphatic heterocycles. The Morgan fingerprint density at radius 1 is 1.00 bits per heavy atom. The van der Waals surface area contributed by atoms with Gasteiger partial charge in [-0.3, -0.25) is 14.9 Å². The molecule has 0 bridgehead atoms. The van der Waals surface area contributed by atoms with Crippen molar-refractivity contribution >= 4 is 35.3 Å². The molecule has 1 rings (SSSR count). The lowest BCUT2D eigenvalue weighted by atomic mass is 10.1. The molecule has 0 radical (unpaired) electrons. The molecular weight excluding hydrogens is 435 g/mol. The Balaban J connectivity index is 2.46. The number of anilines is 1. The SMILES string of the molecule is O=C(O)CC[C@H](NC(=O)N[C@@H](CCCCNc1ccc([N+](=O)[O-])c(F)c1)C(=O)O)C(=O)O. The van der Waals surface area contributed by atoms with Gasteiger partial charge in [-0.25, -0.2) is 14.4 Å². The van der Waals surface area contributed by atoms with Crippen LogP contribution in [0.4, 0.5) is 20.6 Å². The summed E-state index contributed by atoms with van der Waals surface area (Å²) in [6.07, 6.45) is -0.120. The van der Waals surface area contributed by atoms with Crippen LogP contribution >= 0.6 is 0 Å². The maximum atomic E-state index is 13.6. The van der Waals surface area contributed by atoms with E-state index in [4.69, 9.17) is 10.2 Å². The summed E-state index contributed by atoms with van der Waals surface area (Å²) in [5, 5.41) is 44.4. The van der Waals surface area contributed by atoms with Gasteiger partial charge in [-0.05, 0) is 31.7 Å². The molecule has 13 nitrogen and oxygen atoms in total. The van der Waals surface area contributed by atoms with Gasteiger partial charge in [-0.1, -0.05) is 0 Å².